The number of nitrogens with one attached hydrogen (secondary N) is 1. The fourth-order valence-electron chi connectivity index (χ4n) is 5.83. The number of likely N-dealkylation sites (tertiary alicyclic amines) is 1. The van der Waals surface area contributed by atoms with E-state index in [-0.39, 0.29) is 31.6 Å². The number of rotatable bonds is 8. The lowest BCUT2D eigenvalue weighted by Gasteiger charge is -2.33. The summed E-state index contributed by atoms with van der Waals surface area (Å²) in [7, 11) is 0. The summed E-state index contributed by atoms with van der Waals surface area (Å²) in [6, 6.07) is 5.80. The van der Waals surface area contributed by atoms with Crippen LogP contribution < -0.4 is 5.32 Å². The van der Waals surface area contributed by atoms with Crippen LogP contribution in [0.1, 0.15) is 39.5 Å². The van der Waals surface area contributed by atoms with Crippen LogP contribution in [0.5, 0.6) is 0 Å². The highest BCUT2D eigenvalue weighted by Gasteiger charge is 2.78. The summed E-state index contributed by atoms with van der Waals surface area (Å²) in [4.78, 5) is 41.6. The van der Waals surface area contributed by atoms with Crippen molar-refractivity contribution in [2.24, 2.45) is 11.8 Å². The number of hydrogen-bond acceptors (Lipinski definition) is 6. The molecule has 1 aromatic carbocycles. The highest BCUT2D eigenvalue weighted by atomic mass is 35.5. The Labute approximate surface area is 192 Å². The number of anilines is 1. The molecule has 174 valence electrons. The van der Waals surface area contributed by atoms with Gasteiger partial charge >= 0.3 is 5.97 Å². The zero-order valence-corrected chi connectivity index (χ0v) is 19.1. The minimum absolute atomic E-state index is 0.117. The van der Waals surface area contributed by atoms with Gasteiger partial charge in [0, 0.05) is 23.9 Å². The molecule has 9 heteroatoms. The molecule has 0 radical (unpaired) electrons. The Hall–Kier alpha value is -2.16. The Morgan fingerprint density at radius 3 is 2.62 bits per heavy atom. The average Bonchev–Trinajstić information content (AvgIpc) is 3.37. The number of fused-ring (bicyclic) bond motifs is 1. The zero-order valence-electron chi connectivity index (χ0n) is 18.3. The molecule has 1 aromatic rings. The third-order valence-corrected chi connectivity index (χ3v) is 7.39. The summed E-state index contributed by atoms with van der Waals surface area (Å²) in [6.45, 7) is 3.95. The Kier molecular flexibility index (Phi) is 6.22. The summed E-state index contributed by atoms with van der Waals surface area (Å²) in [5.41, 5.74) is -1.36. The molecule has 0 aliphatic carbocycles. The first-order valence-electron chi connectivity index (χ1n) is 11.2. The molecule has 3 aliphatic heterocycles. The first kappa shape index (κ1) is 23.0. The molecule has 8 nitrogen and oxygen atoms in total. The molecule has 32 heavy (non-hydrogen) atoms. The van der Waals surface area contributed by atoms with E-state index in [1.165, 1.54) is 4.90 Å². The van der Waals surface area contributed by atoms with Gasteiger partial charge in [-0.2, -0.15) is 0 Å². The van der Waals surface area contributed by atoms with Crippen LogP contribution >= 0.6 is 11.6 Å². The van der Waals surface area contributed by atoms with Gasteiger partial charge in [0.05, 0.1) is 18.1 Å². The third-order valence-electron chi connectivity index (χ3n) is 7.14. The molecule has 2 bridgehead atoms. The Morgan fingerprint density at radius 1 is 1.28 bits per heavy atom. The first-order chi connectivity index (χ1) is 15.3. The quantitative estimate of drug-likeness (QED) is 0.572. The summed E-state index contributed by atoms with van der Waals surface area (Å²) >= 11 is 5.95. The van der Waals surface area contributed by atoms with E-state index in [4.69, 9.17) is 21.1 Å². The topological polar surface area (TPSA) is 105 Å². The SMILES string of the molecule is CCOC(=O)[C@@H]1[C@H]2C(=O)N(CCCO)C(C(=O)Nc3ccc(Cl)cc3)C23CC[C@@]1(CC)O3. The number of esters is 1. The van der Waals surface area contributed by atoms with Crippen molar-refractivity contribution in [1.82, 2.24) is 4.90 Å². The molecule has 2 amide bonds. The molecule has 0 aromatic heterocycles. The van der Waals surface area contributed by atoms with Gasteiger partial charge < -0.3 is 24.8 Å². The predicted octanol–water partition coefficient (Wildman–Crippen LogP) is 2.38. The molecule has 3 saturated heterocycles. The molecule has 4 rings (SSSR count). The van der Waals surface area contributed by atoms with E-state index in [2.05, 4.69) is 5.32 Å². The number of carbonyl (C=O) groups is 3. The van der Waals surface area contributed by atoms with Crippen LogP contribution in [0.25, 0.3) is 0 Å². The van der Waals surface area contributed by atoms with E-state index in [0.717, 1.165) is 0 Å². The number of aliphatic hydroxyl groups excluding tert-OH is 1. The van der Waals surface area contributed by atoms with Crippen molar-refractivity contribution in [1.29, 1.82) is 0 Å². The molecule has 3 heterocycles. The monoisotopic (exact) mass is 464 g/mol. The molecule has 3 fully saturated rings. The van der Waals surface area contributed by atoms with Crippen LogP contribution in [0.3, 0.4) is 0 Å². The maximum absolute atomic E-state index is 13.6. The molecule has 2 N–H and O–H groups in total. The van der Waals surface area contributed by atoms with Crippen LogP contribution in [0, 0.1) is 11.8 Å². The van der Waals surface area contributed by atoms with Crippen LogP contribution in [0.4, 0.5) is 5.69 Å². The Bertz CT molecular complexity index is 908. The van der Waals surface area contributed by atoms with Gasteiger partial charge in [0.25, 0.3) is 0 Å². The largest absolute Gasteiger partial charge is 0.466 e. The van der Waals surface area contributed by atoms with Crippen molar-refractivity contribution >= 4 is 35.1 Å². The van der Waals surface area contributed by atoms with Crippen LogP contribution in [-0.2, 0) is 23.9 Å². The Morgan fingerprint density at radius 2 is 2.00 bits per heavy atom. The molecule has 2 unspecified atom stereocenters. The minimum atomic E-state index is -1.10. The predicted molar refractivity (Wildman–Crippen MR) is 117 cm³/mol. The molecule has 5 atom stereocenters. The van der Waals surface area contributed by atoms with Crippen LogP contribution in [0.15, 0.2) is 24.3 Å². The van der Waals surface area contributed by atoms with Crippen molar-refractivity contribution in [3.63, 3.8) is 0 Å². The normalized spacial score (nSPS) is 32.8. The second-order valence-corrected chi connectivity index (χ2v) is 9.13. The molecule has 3 aliphatic rings. The van der Waals surface area contributed by atoms with Crippen LogP contribution in [-0.4, -0.2) is 64.8 Å². The molecular weight excluding hydrogens is 436 g/mol. The fraction of sp³-hybridized carbons (Fsp3) is 0.609. The van der Waals surface area contributed by atoms with Crippen molar-refractivity contribution in [2.75, 3.05) is 25.1 Å². The van der Waals surface area contributed by atoms with Crippen LogP contribution in [0.2, 0.25) is 5.02 Å². The van der Waals surface area contributed by atoms with Gasteiger partial charge in [-0.05, 0) is 56.9 Å². The summed E-state index contributed by atoms with van der Waals surface area (Å²) in [5.74, 6) is -2.65. The van der Waals surface area contributed by atoms with Gasteiger partial charge in [0.2, 0.25) is 11.8 Å². The van der Waals surface area contributed by atoms with E-state index < -0.39 is 35.0 Å². The summed E-state index contributed by atoms with van der Waals surface area (Å²) < 4.78 is 11.9. The maximum atomic E-state index is 13.6. The number of amides is 2. The van der Waals surface area contributed by atoms with Crippen molar-refractivity contribution in [3.8, 4) is 0 Å². The standard InChI is InChI=1S/C23H29ClN2O6/c1-3-22-10-11-23(32-22)16(17(22)21(30)31-4-2)20(29)26(12-5-13-27)18(23)19(28)25-15-8-6-14(24)7-9-15/h6-9,16-18,27H,3-5,10-13H2,1-2H3,(H,25,28)/t16-,17-,18?,22+,23?/m0/s1. The number of benzene rings is 1. The van der Waals surface area contributed by atoms with Crippen molar-refractivity contribution in [2.45, 2.75) is 56.8 Å². The van der Waals surface area contributed by atoms with E-state index in [9.17, 15) is 19.5 Å². The smallest absolute Gasteiger partial charge is 0.312 e. The van der Waals surface area contributed by atoms with Gasteiger partial charge in [0.15, 0.2) is 0 Å². The van der Waals surface area contributed by atoms with Crippen molar-refractivity contribution < 1.29 is 29.0 Å². The lowest BCUT2D eigenvalue weighted by atomic mass is 9.65. The maximum Gasteiger partial charge on any atom is 0.312 e. The van der Waals surface area contributed by atoms with Crippen molar-refractivity contribution in [3.05, 3.63) is 29.3 Å². The summed E-state index contributed by atoms with van der Waals surface area (Å²) in [5, 5.41) is 12.8. The highest BCUT2D eigenvalue weighted by molar-refractivity contribution is 6.30. The first-order valence-corrected chi connectivity index (χ1v) is 11.6. The number of halogens is 1. The second kappa shape index (κ2) is 8.65. The molecule has 1 spiro atoms. The van der Waals surface area contributed by atoms with E-state index in [1.807, 2.05) is 6.92 Å². The lowest BCUT2D eigenvalue weighted by molar-refractivity contribution is -0.160. The number of ether oxygens (including phenoxy) is 2. The van der Waals surface area contributed by atoms with E-state index in [0.29, 0.717) is 36.4 Å². The molecular formula is C23H29ClN2O6. The van der Waals surface area contributed by atoms with Gasteiger partial charge in [0.1, 0.15) is 17.6 Å². The summed E-state index contributed by atoms with van der Waals surface area (Å²) in [6.07, 6.45) is 1.95. The number of hydrogen-bond donors (Lipinski definition) is 2. The zero-order chi connectivity index (χ0) is 23.1. The number of aliphatic hydroxyl groups is 1. The third kappa shape index (κ3) is 3.40. The van der Waals surface area contributed by atoms with Gasteiger partial charge in [-0.15, -0.1) is 0 Å². The van der Waals surface area contributed by atoms with E-state index in [1.54, 1.807) is 31.2 Å². The number of carbonyl (C=O) groups excluding carboxylic acids is 3. The number of nitrogens with zero attached hydrogens (tertiary/aromatic N) is 1. The van der Waals surface area contributed by atoms with Gasteiger partial charge in [-0.25, -0.2) is 0 Å². The van der Waals surface area contributed by atoms with Gasteiger partial charge in [-0.3, -0.25) is 14.4 Å². The van der Waals surface area contributed by atoms with Gasteiger partial charge in [-0.1, -0.05) is 18.5 Å². The molecule has 0 saturated carbocycles. The lowest BCUT2D eigenvalue weighted by Crippen LogP contribution is -2.53. The Balaban J connectivity index is 1.72. The second-order valence-electron chi connectivity index (χ2n) is 8.69. The fourth-order valence-corrected chi connectivity index (χ4v) is 5.96. The average molecular weight is 465 g/mol. The highest BCUT2D eigenvalue weighted by Crippen LogP contribution is 2.64. The van der Waals surface area contributed by atoms with E-state index >= 15 is 0 Å². The minimum Gasteiger partial charge on any atom is -0.466 e.